The minimum Gasteiger partial charge on any atom is -0.369 e. The number of aryl methyl sites for hydroxylation is 1. The SMILES string of the molecule is CCC1OC1C(C)Cc1ccc(C)c(C(C)(C)C)c1. The molecular weight excluding hydrogens is 232 g/mol. The molecule has 3 atom stereocenters. The number of hydrogen-bond donors (Lipinski definition) is 0. The lowest BCUT2D eigenvalue weighted by Gasteiger charge is -2.23. The van der Waals surface area contributed by atoms with Crippen LogP contribution >= 0.6 is 0 Å². The van der Waals surface area contributed by atoms with Gasteiger partial charge in [-0.15, -0.1) is 0 Å². The van der Waals surface area contributed by atoms with E-state index in [4.69, 9.17) is 4.74 Å². The Morgan fingerprint density at radius 2 is 1.95 bits per heavy atom. The summed E-state index contributed by atoms with van der Waals surface area (Å²) in [5.74, 6) is 0.625. The molecule has 19 heavy (non-hydrogen) atoms. The van der Waals surface area contributed by atoms with Crippen molar-refractivity contribution in [2.75, 3.05) is 0 Å². The quantitative estimate of drug-likeness (QED) is 0.718. The lowest BCUT2D eigenvalue weighted by molar-refractivity contribution is 0.322. The molecular formula is C18H28O. The molecule has 1 aromatic rings. The fourth-order valence-corrected chi connectivity index (χ4v) is 3.08. The zero-order valence-corrected chi connectivity index (χ0v) is 13.3. The van der Waals surface area contributed by atoms with E-state index in [9.17, 15) is 0 Å². The van der Waals surface area contributed by atoms with Crippen LogP contribution in [0.15, 0.2) is 18.2 Å². The Kier molecular flexibility index (Phi) is 4.06. The van der Waals surface area contributed by atoms with Gasteiger partial charge in [0.1, 0.15) is 0 Å². The maximum absolute atomic E-state index is 5.72. The summed E-state index contributed by atoms with van der Waals surface area (Å²) >= 11 is 0. The van der Waals surface area contributed by atoms with Crippen LogP contribution in [-0.4, -0.2) is 12.2 Å². The van der Waals surface area contributed by atoms with Gasteiger partial charge in [-0.1, -0.05) is 52.8 Å². The van der Waals surface area contributed by atoms with Crippen molar-refractivity contribution in [3.63, 3.8) is 0 Å². The molecule has 1 aliphatic rings. The van der Waals surface area contributed by atoms with Gasteiger partial charge in [0.25, 0.3) is 0 Å². The van der Waals surface area contributed by atoms with E-state index in [-0.39, 0.29) is 5.41 Å². The van der Waals surface area contributed by atoms with E-state index in [1.807, 2.05) is 0 Å². The van der Waals surface area contributed by atoms with Crippen LogP contribution < -0.4 is 0 Å². The summed E-state index contributed by atoms with van der Waals surface area (Å²) < 4.78 is 5.72. The van der Waals surface area contributed by atoms with Gasteiger partial charge in [-0.2, -0.15) is 0 Å². The largest absolute Gasteiger partial charge is 0.369 e. The fourth-order valence-electron chi connectivity index (χ4n) is 3.08. The van der Waals surface area contributed by atoms with Gasteiger partial charge >= 0.3 is 0 Å². The van der Waals surface area contributed by atoms with Crippen LogP contribution in [0, 0.1) is 12.8 Å². The van der Waals surface area contributed by atoms with Gasteiger partial charge in [-0.3, -0.25) is 0 Å². The summed E-state index contributed by atoms with van der Waals surface area (Å²) in [6, 6.07) is 6.95. The van der Waals surface area contributed by atoms with Crippen molar-refractivity contribution in [3.8, 4) is 0 Å². The molecule has 1 heteroatoms. The van der Waals surface area contributed by atoms with E-state index in [1.54, 1.807) is 0 Å². The first-order valence-corrected chi connectivity index (χ1v) is 7.58. The van der Waals surface area contributed by atoms with Crippen molar-refractivity contribution in [2.45, 2.75) is 72.0 Å². The molecule has 0 amide bonds. The highest BCUT2D eigenvalue weighted by Crippen LogP contribution is 2.34. The van der Waals surface area contributed by atoms with Crippen molar-refractivity contribution in [3.05, 3.63) is 34.9 Å². The third kappa shape index (κ3) is 3.39. The number of rotatable bonds is 4. The topological polar surface area (TPSA) is 12.5 Å². The Balaban J connectivity index is 2.09. The highest BCUT2D eigenvalue weighted by molar-refractivity contribution is 5.36. The molecule has 1 heterocycles. The molecule has 1 nitrogen and oxygen atoms in total. The third-order valence-electron chi connectivity index (χ3n) is 4.25. The average Bonchev–Trinajstić information content (AvgIpc) is 3.09. The maximum atomic E-state index is 5.72. The van der Waals surface area contributed by atoms with Gasteiger partial charge in [0.2, 0.25) is 0 Å². The Morgan fingerprint density at radius 1 is 1.26 bits per heavy atom. The van der Waals surface area contributed by atoms with Gasteiger partial charge < -0.3 is 4.74 Å². The van der Waals surface area contributed by atoms with Gasteiger partial charge in [0, 0.05) is 0 Å². The van der Waals surface area contributed by atoms with Gasteiger partial charge in [0.15, 0.2) is 0 Å². The Hall–Kier alpha value is -0.820. The molecule has 106 valence electrons. The second-order valence-electron chi connectivity index (χ2n) is 7.13. The van der Waals surface area contributed by atoms with Crippen molar-refractivity contribution in [2.24, 2.45) is 5.92 Å². The molecule has 1 aliphatic heterocycles. The average molecular weight is 260 g/mol. The lowest BCUT2D eigenvalue weighted by Crippen LogP contribution is -2.15. The summed E-state index contributed by atoms with van der Waals surface area (Å²) in [5.41, 5.74) is 4.55. The Bertz CT molecular complexity index is 441. The van der Waals surface area contributed by atoms with E-state index in [2.05, 4.69) is 59.7 Å². The normalized spacial score (nSPS) is 24.3. The van der Waals surface area contributed by atoms with Crippen LogP contribution in [-0.2, 0) is 16.6 Å². The summed E-state index contributed by atoms with van der Waals surface area (Å²) in [6.45, 7) is 13.6. The van der Waals surface area contributed by atoms with Crippen LogP contribution in [0.2, 0.25) is 0 Å². The summed E-state index contributed by atoms with van der Waals surface area (Å²) in [6.07, 6.45) is 3.28. The van der Waals surface area contributed by atoms with Crippen molar-refractivity contribution in [1.82, 2.24) is 0 Å². The molecule has 1 fully saturated rings. The van der Waals surface area contributed by atoms with Crippen LogP contribution in [0.25, 0.3) is 0 Å². The van der Waals surface area contributed by atoms with Gasteiger partial charge in [-0.05, 0) is 47.8 Å². The van der Waals surface area contributed by atoms with Gasteiger partial charge in [0.05, 0.1) is 12.2 Å². The second-order valence-corrected chi connectivity index (χ2v) is 7.13. The second kappa shape index (κ2) is 5.28. The van der Waals surface area contributed by atoms with E-state index in [0.29, 0.717) is 18.1 Å². The Labute approximate surface area is 118 Å². The van der Waals surface area contributed by atoms with E-state index in [0.717, 1.165) is 12.8 Å². The standard InChI is InChI=1S/C18H28O/c1-7-16-17(19-16)13(3)10-14-9-8-12(2)15(11-14)18(4,5)6/h8-9,11,13,16-17H,7,10H2,1-6H3. The van der Waals surface area contributed by atoms with E-state index >= 15 is 0 Å². The van der Waals surface area contributed by atoms with Crippen LogP contribution in [0.4, 0.5) is 0 Å². The van der Waals surface area contributed by atoms with E-state index < -0.39 is 0 Å². The maximum Gasteiger partial charge on any atom is 0.0870 e. The zero-order valence-electron chi connectivity index (χ0n) is 13.3. The molecule has 0 bridgehead atoms. The van der Waals surface area contributed by atoms with Gasteiger partial charge in [-0.25, -0.2) is 0 Å². The molecule has 0 aliphatic carbocycles. The predicted molar refractivity (Wildman–Crippen MR) is 81.7 cm³/mol. The first-order valence-electron chi connectivity index (χ1n) is 7.58. The third-order valence-corrected chi connectivity index (χ3v) is 4.25. The fraction of sp³-hybridized carbons (Fsp3) is 0.667. The highest BCUT2D eigenvalue weighted by atomic mass is 16.6. The van der Waals surface area contributed by atoms with E-state index in [1.165, 1.54) is 16.7 Å². The van der Waals surface area contributed by atoms with Crippen LogP contribution in [0.3, 0.4) is 0 Å². The number of hydrogen-bond acceptors (Lipinski definition) is 1. The molecule has 2 rings (SSSR count). The summed E-state index contributed by atoms with van der Waals surface area (Å²) in [7, 11) is 0. The molecule has 0 spiro atoms. The number of epoxide rings is 1. The van der Waals surface area contributed by atoms with Crippen LogP contribution in [0.5, 0.6) is 0 Å². The monoisotopic (exact) mass is 260 g/mol. The number of ether oxygens (including phenoxy) is 1. The lowest BCUT2D eigenvalue weighted by atomic mass is 9.82. The minimum absolute atomic E-state index is 0.228. The molecule has 0 N–H and O–H groups in total. The summed E-state index contributed by atoms with van der Waals surface area (Å²) in [5, 5.41) is 0. The first-order chi connectivity index (χ1) is 8.82. The summed E-state index contributed by atoms with van der Waals surface area (Å²) in [4.78, 5) is 0. The molecule has 1 saturated heterocycles. The molecule has 1 aromatic carbocycles. The Morgan fingerprint density at radius 3 is 2.47 bits per heavy atom. The van der Waals surface area contributed by atoms with Crippen LogP contribution in [0.1, 0.15) is 57.7 Å². The van der Waals surface area contributed by atoms with Crippen molar-refractivity contribution in [1.29, 1.82) is 0 Å². The molecule has 0 radical (unpaired) electrons. The minimum atomic E-state index is 0.228. The molecule has 3 unspecified atom stereocenters. The molecule has 0 saturated carbocycles. The number of benzene rings is 1. The highest BCUT2D eigenvalue weighted by Gasteiger charge is 2.41. The zero-order chi connectivity index (χ0) is 14.2. The smallest absolute Gasteiger partial charge is 0.0870 e. The van der Waals surface area contributed by atoms with Crippen molar-refractivity contribution >= 4 is 0 Å². The van der Waals surface area contributed by atoms with Crippen molar-refractivity contribution < 1.29 is 4.74 Å². The first kappa shape index (κ1) is 14.6. The molecule has 0 aromatic heterocycles. The predicted octanol–water partition coefficient (Wildman–Crippen LogP) is 4.65.